The zero-order valence-electron chi connectivity index (χ0n) is 15.2. The number of thiazole rings is 1. The third-order valence-electron chi connectivity index (χ3n) is 4.67. The van der Waals surface area contributed by atoms with Gasteiger partial charge < -0.3 is 14.4 Å². The number of rotatable bonds is 2. The van der Waals surface area contributed by atoms with Gasteiger partial charge in [0.1, 0.15) is 0 Å². The highest BCUT2D eigenvalue weighted by Crippen LogP contribution is 2.36. The van der Waals surface area contributed by atoms with Gasteiger partial charge in [0, 0.05) is 11.8 Å². The lowest BCUT2D eigenvalue weighted by Gasteiger charge is -2.32. The Balaban J connectivity index is 1.78. The van der Waals surface area contributed by atoms with Crippen LogP contribution in [0.4, 0.5) is 0 Å². The van der Waals surface area contributed by atoms with Crippen molar-refractivity contribution in [3.63, 3.8) is 0 Å². The Kier molecular flexibility index (Phi) is 4.78. The smallest absolute Gasteiger partial charge is 0.399 e. The molecule has 0 amide bonds. The Morgan fingerprint density at radius 1 is 1.20 bits per heavy atom. The molecule has 3 rings (SSSR count). The number of hydrogen-bond donors (Lipinski definition) is 1. The van der Waals surface area contributed by atoms with Gasteiger partial charge in [-0.25, -0.2) is 4.98 Å². The first kappa shape index (κ1) is 18.2. The van der Waals surface area contributed by atoms with Crippen molar-refractivity contribution in [1.29, 1.82) is 0 Å². The lowest BCUT2D eigenvalue weighted by molar-refractivity contribution is 0.00578. The van der Waals surface area contributed by atoms with Crippen molar-refractivity contribution in [2.75, 3.05) is 0 Å². The van der Waals surface area contributed by atoms with Crippen molar-refractivity contribution in [3.05, 3.63) is 45.9 Å². The number of aromatic nitrogens is 1. The average Bonchev–Trinajstić information content (AvgIpc) is 3.06. The van der Waals surface area contributed by atoms with Crippen molar-refractivity contribution >= 4 is 23.9 Å². The van der Waals surface area contributed by atoms with E-state index in [-0.39, 0.29) is 11.2 Å². The lowest BCUT2D eigenvalue weighted by atomic mass is 9.78. The summed E-state index contributed by atoms with van der Waals surface area (Å²) in [5.74, 6) is 5.90. The fraction of sp³-hybridized carbons (Fsp3) is 0.421. The predicted molar refractivity (Wildman–Crippen MR) is 101 cm³/mol. The summed E-state index contributed by atoms with van der Waals surface area (Å²) in [7, 11) is -0.416. The molecule has 0 spiro atoms. The summed E-state index contributed by atoms with van der Waals surface area (Å²) in [6.45, 7) is 10.0. The highest BCUT2D eigenvalue weighted by atomic mass is 32.1. The molecular weight excluding hydrogens is 333 g/mol. The molecule has 6 heteroatoms. The molecule has 0 bridgehead atoms. The van der Waals surface area contributed by atoms with Crippen LogP contribution in [0.1, 0.15) is 49.2 Å². The summed E-state index contributed by atoms with van der Waals surface area (Å²) in [6, 6.07) is 7.75. The van der Waals surface area contributed by atoms with E-state index >= 15 is 0 Å². The third kappa shape index (κ3) is 3.80. The van der Waals surface area contributed by atoms with Crippen LogP contribution in [0.15, 0.2) is 30.5 Å². The van der Waals surface area contributed by atoms with Crippen LogP contribution in [-0.2, 0) is 9.31 Å². The van der Waals surface area contributed by atoms with Gasteiger partial charge in [-0.2, -0.15) is 0 Å². The fourth-order valence-electron chi connectivity index (χ4n) is 2.47. The maximum absolute atomic E-state index is 10.2. The van der Waals surface area contributed by atoms with Gasteiger partial charge in [-0.1, -0.05) is 24.0 Å². The molecule has 25 heavy (non-hydrogen) atoms. The molecular formula is C19H22BNO3S. The van der Waals surface area contributed by atoms with Crippen molar-refractivity contribution in [1.82, 2.24) is 4.98 Å². The van der Waals surface area contributed by atoms with Gasteiger partial charge in [-0.05, 0) is 52.2 Å². The maximum atomic E-state index is 10.2. The minimum atomic E-state index is -0.827. The minimum Gasteiger partial charge on any atom is -0.399 e. The van der Waals surface area contributed by atoms with E-state index in [9.17, 15) is 5.11 Å². The predicted octanol–water partition coefficient (Wildman–Crippen LogP) is 2.84. The maximum Gasteiger partial charge on any atom is 0.494 e. The summed E-state index contributed by atoms with van der Waals surface area (Å²) in [6.07, 6.45) is 0.840. The van der Waals surface area contributed by atoms with Crippen LogP contribution in [-0.4, -0.2) is 28.4 Å². The van der Waals surface area contributed by atoms with E-state index in [1.807, 2.05) is 58.9 Å². The van der Waals surface area contributed by atoms with Crippen molar-refractivity contribution in [2.45, 2.75) is 51.9 Å². The highest BCUT2D eigenvalue weighted by molar-refractivity contribution is 7.11. The summed E-state index contributed by atoms with van der Waals surface area (Å²) in [5, 5.41) is 11.1. The van der Waals surface area contributed by atoms with Crippen molar-refractivity contribution in [3.8, 4) is 11.8 Å². The Morgan fingerprint density at radius 3 is 2.48 bits per heavy atom. The number of aliphatic hydroxyl groups is 1. The van der Waals surface area contributed by atoms with E-state index in [0.717, 1.165) is 20.9 Å². The first-order valence-corrected chi connectivity index (χ1v) is 9.07. The number of benzene rings is 1. The van der Waals surface area contributed by atoms with Gasteiger partial charge in [-0.3, -0.25) is 0 Å². The van der Waals surface area contributed by atoms with Gasteiger partial charge in [0.05, 0.1) is 21.1 Å². The van der Waals surface area contributed by atoms with Crippen LogP contribution in [0.3, 0.4) is 0 Å². The van der Waals surface area contributed by atoms with Crippen LogP contribution >= 0.6 is 11.3 Å². The standard InChI is InChI=1S/C19H22BNO3S/c1-13-21-12-17(25-13)16(22)10-9-14-7-6-8-15(11-14)20-23-18(2,3)19(4,5)24-20/h6-8,11-12,16,22H,1-5H3/t16-/m0/s1. The number of nitrogens with zero attached hydrogens (tertiary/aromatic N) is 1. The monoisotopic (exact) mass is 355 g/mol. The number of aliphatic hydroxyl groups excluding tert-OH is 1. The first-order valence-electron chi connectivity index (χ1n) is 8.25. The molecule has 1 saturated heterocycles. The van der Waals surface area contributed by atoms with Gasteiger partial charge in [0.25, 0.3) is 0 Å². The molecule has 4 nitrogen and oxygen atoms in total. The molecule has 1 aliphatic heterocycles. The van der Waals surface area contributed by atoms with E-state index in [0.29, 0.717) is 0 Å². The Morgan fingerprint density at radius 2 is 1.88 bits per heavy atom. The minimum absolute atomic E-state index is 0.375. The van der Waals surface area contributed by atoms with Crippen molar-refractivity contribution in [2.24, 2.45) is 0 Å². The third-order valence-corrected chi connectivity index (χ3v) is 5.64. The molecule has 0 radical (unpaired) electrons. The van der Waals surface area contributed by atoms with E-state index in [1.165, 1.54) is 11.3 Å². The highest BCUT2D eigenvalue weighted by Gasteiger charge is 2.51. The van der Waals surface area contributed by atoms with Gasteiger partial charge in [0.15, 0.2) is 6.10 Å². The quantitative estimate of drug-likeness (QED) is 0.665. The zero-order valence-corrected chi connectivity index (χ0v) is 16.0. The van der Waals surface area contributed by atoms with Crippen LogP contribution < -0.4 is 5.46 Å². The molecule has 1 aromatic carbocycles. The van der Waals surface area contributed by atoms with Crippen LogP contribution in [0.25, 0.3) is 0 Å². The summed E-state index contributed by atoms with van der Waals surface area (Å²) < 4.78 is 12.2. The molecule has 0 unspecified atom stereocenters. The molecule has 0 aliphatic carbocycles. The molecule has 1 fully saturated rings. The summed E-state index contributed by atoms with van der Waals surface area (Å²) >= 11 is 1.45. The first-order chi connectivity index (χ1) is 11.7. The Bertz CT molecular complexity index is 818. The molecule has 130 valence electrons. The summed E-state index contributed by atoms with van der Waals surface area (Å²) in [5.41, 5.74) is 0.986. The van der Waals surface area contributed by atoms with Gasteiger partial charge >= 0.3 is 7.12 Å². The second kappa shape index (κ2) is 6.58. The van der Waals surface area contributed by atoms with Crippen molar-refractivity contribution < 1.29 is 14.4 Å². The SMILES string of the molecule is Cc1ncc([C@@H](O)C#Cc2cccc(B3OC(C)(C)C(C)(C)O3)c2)s1. The molecule has 1 aromatic heterocycles. The molecule has 0 saturated carbocycles. The largest absolute Gasteiger partial charge is 0.494 e. The molecule has 2 aromatic rings. The van der Waals surface area contributed by atoms with Crippen LogP contribution in [0.2, 0.25) is 0 Å². The average molecular weight is 355 g/mol. The lowest BCUT2D eigenvalue weighted by Crippen LogP contribution is -2.41. The van der Waals surface area contributed by atoms with Crippen LogP contribution in [0, 0.1) is 18.8 Å². The van der Waals surface area contributed by atoms with Gasteiger partial charge in [-0.15, -0.1) is 11.3 Å². The topological polar surface area (TPSA) is 51.6 Å². The number of aryl methyl sites for hydroxylation is 1. The van der Waals surface area contributed by atoms with E-state index in [2.05, 4.69) is 16.8 Å². The van der Waals surface area contributed by atoms with Gasteiger partial charge in [0.2, 0.25) is 0 Å². The second-order valence-electron chi connectivity index (χ2n) is 7.17. The molecule has 2 heterocycles. The molecule has 1 atom stereocenters. The summed E-state index contributed by atoms with van der Waals surface area (Å²) in [4.78, 5) is 4.90. The molecule has 1 N–H and O–H groups in total. The number of hydrogen-bond acceptors (Lipinski definition) is 5. The Hall–Kier alpha value is -1.65. The van der Waals surface area contributed by atoms with E-state index in [1.54, 1.807) is 6.20 Å². The molecule has 1 aliphatic rings. The second-order valence-corrected chi connectivity index (χ2v) is 8.43. The van der Waals surface area contributed by atoms with Crippen LogP contribution in [0.5, 0.6) is 0 Å². The normalized spacial score (nSPS) is 19.4. The Labute approximate surface area is 153 Å². The fourth-order valence-corrected chi connectivity index (χ4v) is 3.19. The van der Waals surface area contributed by atoms with E-state index in [4.69, 9.17) is 9.31 Å². The zero-order chi connectivity index (χ0) is 18.2. The van der Waals surface area contributed by atoms with E-state index < -0.39 is 13.2 Å².